The van der Waals surface area contributed by atoms with E-state index in [1.165, 1.54) is 5.56 Å². The van der Waals surface area contributed by atoms with Gasteiger partial charge in [0, 0.05) is 19.8 Å². The van der Waals surface area contributed by atoms with E-state index in [9.17, 15) is 0 Å². The Morgan fingerprint density at radius 3 is 2.83 bits per heavy atom. The normalized spacial score (nSPS) is 10.9. The fraction of sp³-hybridized carbons (Fsp3) is 0.294. The quantitative estimate of drug-likeness (QED) is 0.729. The topological polar surface area (TPSA) is 65.7 Å². The van der Waals surface area contributed by atoms with Gasteiger partial charge in [-0.05, 0) is 36.8 Å². The molecule has 6 nitrogen and oxygen atoms in total. The summed E-state index contributed by atoms with van der Waals surface area (Å²) in [4.78, 5) is 10.8. The highest BCUT2D eigenvalue weighted by atomic mass is 16.3. The first kappa shape index (κ1) is 15.3. The number of aryl methyl sites for hydroxylation is 1. The van der Waals surface area contributed by atoms with E-state index in [0.717, 1.165) is 22.8 Å². The minimum atomic E-state index is 0.129. The van der Waals surface area contributed by atoms with Crippen molar-refractivity contribution in [3.63, 3.8) is 0 Å². The van der Waals surface area contributed by atoms with E-state index >= 15 is 0 Å². The van der Waals surface area contributed by atoms with Gasteiger partial charge in [-0.3, -0.25) is 0 Å². The maximum Gasteiger partial charge on any atom is 0.137 e. The van der Waals surface area contributed by atoms with Crippen LogP contribution in [-0.4, -0.2) is 39.7 Å². The summed E-state index contributed by atoms with van der Waals surface area (Å²) >= 11 is 0. The molecule has 6 heteroatoms. The summed E-state index contributed by atoms with van der Waals surface area (Å²) in [7, 11) is 1.93. The summed E-state index contributed by atoms with van der Waals surface area (Å²) in [5, 5.41) is 12.3. The summed E-state index contributed by atoms with van der Waals surface area (Å²) < 4.78 is 2.07. The number of hydrogen-bond donors (Lipinski definition) is 2. The van der Waals surface area contributed by atoms with Crippen molar-refractivity contribution in [3.8, 4) is 0 Å². The molecular weight excluding hydrogens is 290 g/mol. The summed E-state index contributed by atoms with van der Waals surface area (Å²) in [6, 6.07) is 8.06. The number of aromatic nitrogens is 3. The molecule has 2 N–H and O–H groups in total. The molecule has 0 unspecified atom stereocenters. The Hall–Kier alpha value is -2.60. The zero-order valence-corrected chi connectivity index (χ0v) is 13.4. The van der Waals surface area contributed by atoms with Crippen LogP contribution in [0.15, 0.2) is 42.9 Å². The van der Waals surface area contributed by atoms with Crippen LogP contribution in [0.1, 0.15) is 11.3 Å². The Balaban J connectivity index is 1.67. The fourth-order valence-corrected chi connectivity index (χ4v) is 2.44. The van der Waals surface area contributed by atoms with E-state index in [4.69, 9.17) is 5.11 Å². The van der Waals surface area contributed by atoms with Crippen LogP contribution in [-0.2, 0) is 6.54 Å². The molecule has 0 aliphatic heterocycles. The third-order valence-corrected chi connectivity index (χ3v) is 3.82. The van der Waals surface area contributed by atoms with Crippen molar-refractivity contribution < 1.29 is 5.11 Å². The molecule has 0 bridgehead atoms. The Morgan fingerprint density at radius 2 is 2.09 bits per heavy atom. The average molecular weight is 311 g/mol. The van der Waals surface area contributed by atoms with Gasteiger partial charge in [-0.2, -0.15) is 0 Å². The van der Waals surface area contributed by atoms with Gasteiger partial charge in [0.1, 0.15) is 11.5 Å². The predicted molar refractivity (Wildman–Crippen MR) is 91.8 cm³/mol. The first-order valence-corrected chi connectivity index (χ1v) is 7.62. The van der Waals surface area contributed by atoms with Crippen LogP contribution in [0.3, 0.4) is 0 Å². The highest BCUT2D eigenvalue weighted by Crippen LogP contribution is 2.15. The van der Waals surface area contributed by atoms with Gasteiger partial charge in [0.25, 0.3) is 0 Å². The van der Waals surface area contributed by atoms with Crippen LogP contribution in [0.25, 0.3) is 5.65 Å². The van der Waals surface area contributed by atoms with E-state index in [0.29, 0.717) is 13.1 Å². The van der Waals surface area contributed by atoms with Crippen molar-refractivity contribution in [1.29, 1.82) is 0 Å². The number of aliphatic hydroxyl groups is 1. The van der Waals surface area contributed by atoms with Gasteiger partial charge in [-0.25, -0.2) is 9.97 Å². The largest absolute Gasteiger partial charge is 0.395 e. The standard InChI is InChI=1S/C17H21N5O/c1-13-5-6-22-15(12-20-17(22)9-13)11-19-16-4-3-14(10-18-16)21(2)7-8-23/h3-6,9-10,12,23H,7-8,11H2,1-2H3,(H,18,19). The lowest BCUT2D eigenvalue weighted by atomic mass is 10.3. The van der Waals surface area contributed by atoms with Crippen LogP contribution in [0.2, 0.25) is 0 Å². The molecule has 0 spiro atoms. The monoisotopic (exact) mass is 311 g/mol. The number of imidazole rings is 1. The molecule has 0 fully saturated rings. The van der Waals surface area contributed by atoms with Crippen molar-refractivity contribution in [3.05, 3.63) is 54.1 Å². The molecule has 0 saturated heterocycles. The molecule has 0 saturated carbocycles. The number of anilines is 2. The van der Waals surface area contributed by atoms with Crippen LogP contribution in [0, 0.1) is 6.92 Å². The molecule has 3 rings (SSSR count). The molecule has 120 valence electrons. The minimum absolute atomic E-state index is 0.129. The maximum atomic E-state index is 8.96. The van der Waals surface area contributed by atoms with Gasteiger partial charge in [0.05, 0.1) is 36.9 Å². The van der Waals surface area contributed by atoms with Crippen LogP contribution in [0.4, 0.5) is 11.5 Å². The number of hydrogen-bond acceptors (Lipinski definition) is 5. The lowest BCUT2D eigenvalue weighted by Gasteiger charge is -2.17. The first-order valence-electron chi connectivity index (χ1n) is 7.62. The molecular formula is C17H21N5O. The number of fused-ring (bicyclic) bond motifs is 1. The number of rotatable bonds is 6. The van der Waals surface area contributed by atoms with Crippen molar-refractivity contribution >= 4 is 17.2 Å². The Morgan fingerprint density at radius 1 is 1.22 bits per heavy atom. The van der Waals surface area contributed by atoms with Gasteiger partial charge < -0.3 is 19.7 Å². The highest BCUT2D eigenvalue weighted by Gasteiger charge is 2.04. The molecule has 0 aliphatic carbocycles. The summed E-state index contributed by atoms with van der Waals surface area (Å²) in [5.41, 5.74) is 4.22. The minimum Gasteiger partial charge on any atom is -0.395 e. The zero-order valence-electron chi connectivity index (χ0n) is 13.4. The number of likely N-dealkylation sites (N-methyl/N-ethyl adjacent to an activating group) is 1. The van der Waals surface area contributed by atoms with Gasteiger partial charge >= 0.3 is 0 Å². The third-order valence-electron chi connectivity index (χ3n) is 3.82. The molecule has 0 radical (unpaired) electrons. The number of aliphatic hydroxyl groups excluding tert-OH is 1. The van der Waals surface area contributed by atoms with Crippen LogP contribution >= 0.6 is 0 Å². The van der Waals surface area contributed by atoms with Crippen LogP contribution < -0.4 is 10.2 Å². The van der Waals surface area contributed by atoms with Crippen molar-refractivity contribution in [2.45, 2.75) is 13.5 Å². The highest BCUT2D eigenvalue weighted by molar-refractivity contribution is 5.49. The maximum absolute atomic E-state index is 8.96. The van der Waals surface area contributed by atoms with Gasteiger partial charge in [0.2, 0.25) is 0 Å². The first-order chi connectivity index (χ1) is 11.2. The van der Waals surface area contributed by atoms with E-state index in [-0.39, 0.29) is 6.61 Å². The van der Waals surface area contributed by atoms with E-state index in [1.807, 2.05) is 36.5 Å². The Labute approximate surface area is 135 Å². The lowest BCUT2D eigenvalue weighted by Crippen LogP contribution is -2.21. The van der Waals surface area contributed by atoms with Crippen molar-refractivity contribution in [2.75, 3.05) is 30.4 Å². The number of nitrogens with zero attached hydrogens (tertiary/aromatic N) is 4. The summed E-state index contributed by atoms with van der Waals surface area (Å²) in [5.74, 6) is 0.813. The summed E-state index contributed by atoms with van der Waals surface area (Å²) in [6.07, 6.45) is 5.72. The Kier molecular flexibility index (Phi) is 4.43. The molecule has 0 aliphatic rings. The molecule has 3 aromatic rings. The van der Waals surface area contributed by atoms with Gasteiger partial charge in [0.15, 0.2) is 0 Å². The van der Waals surface area contributed by atoms with Gasteiger partial charge in [-0.15, -0.1) is 0 Å². The van der Waals surface area contributed by atoms with Crippen molar-refractivity contribution in [1.82, 2.24) is 14.4 Å². The van der Waals surface area contributed by atoms with Crippen LogP contribution in [0.5, 0.6) is 0 Å². The zero-order chi connectivity index (χ0) is 16.2. The van der Waals surface area contributed by atoms with Gasteiger partial charge in [-0.1, -0.05) is 0 Å². The van der Waals surface area contributed by atoms with E-state index in [2.05, 4.69) is 38.7 Å². The molecule has 0 aromatic carbocycles. The molecule has 23 heavy (non-hydrogen) atoms. The van der Waals surface area contributed by atoms with E-state index < -0.39 is 0 Å². The lowest BCUT2D eigenvalue weighted by molar-refractivity contribution is 0.304. The third kappa shape index (κ3) is 3.43. The summed E-state index contributed by atoms with van der Waals surface area (Å²) in [6.45, 7) is 3.44. The van der Waals surface area contributed by atoms with Crippen molar-refractivity contribution in [2.24, 2.45) is 0 Å². The molecule has 0 atom stereocenters. The predicted octanol–water partition coefficient (Wildman–Crippen LogP) is 2.08. The molecule has 3 heterocycles. The second-order valence-electron chi connectivity index (χ2n) is 5.58. The smallest absolute Gasteiger partial charge is 0.137 e. The molecule has 0 amide bonds. The number of pyridine rings is 2. The molecule has 3 aromatic heterocycles. The Bertz CT molecular complexity index is 781. The average Bonchev–Trinajstić information content (AvgIpc) is 2.95. The second kappa shape index (κ2) is 6.66. The van der Waals surface area contributed by atoms with E-state index in [1.54, 1.807) is 6.20 Å². The fourth-order valence-electron chi connectivity index (χ4n) is 2.44. The number of nitrogens with one attached hydrogen (secondary N) is 1. The second-order valence-corrected chi connectivity index (χ2v) is 5.58. The SMILES string of the molecule is Cc1ccn2c(CNc3ccc(N(C)CCO)cn3)cnc2c1.